The highest BCUT2D eigenvalue weighted by Gasteiger charge is 2.27. The van der Waals surface area contributed by atoms with E-state index in [1.807, 2.05) is 0 Å². The molecule has 24 aromatic rings. The summed E-state index contributed by atoms with van der Waals surface area (Å²) in [6, 6.07) is 186. The molecule has 2 aromatic heterocycles. The number of anilines is 6. The fraction of sp³-hybridized carbons (Fsp3) is 0. The van der Waals surface area contributed by atoms with Crippen LogP contribution in [0.15, 0.2) is 510 Å². The molecule has 0 bridgehead atoms. The Kier molecular flexibility index (Phi) is 19.6. The highest BCUT2D eigenvalue weighted by atomic mass is 15.2. The van der Waals surface area contributed by atoms with Crippen molar-refractivity contribution in [2.45, 2.75) is 0 Å². The second-order valence-corrected chi connectivity index (χ2v) is 32.9. The fourth-order valence-corrected chi connectivity index (χ4v) is 19.7. The number of rotatable bonds is 16. The fourth-order valence-electron chi connectivity index (χ4n) is 19.7. The molecule has 24 rings (SSSR count). The molecule has 128 heavy (non-hydrogen) atoms. The zero-order chi connectivity index (χ0) is 84.8. The Bertz CT molecular complexity index is 8100. The average molecular weight is 1630 g/mol. The molecule has 2 heterocycles. The molecule has 0 spiro atoms. The van der Waals surface area contributed by atoms with E-state index in [1.54, 1.807) is 0 Å². The van der Waals surface area contributed by atoms with Gasteiger partial charge in [0.1, 0.15) is 0 Å². The molecule has 22 aromatic carbocycles. The highest BCUT2D eigenvalue weighted by Crippen LogP contribution is 2.53. The molecule has 0 atom stereocenters. The summed E-state index contributed by atoms with van der Waals surface area (Å²) in [5, 5.41) is 14.6. The van der Waals surface area contributed by atoms with E-state index in [0.29, 0.717) is 0 Å². The van der Waals surface area contributed by atoms with E-state index in [1.165, 1.54) is 176 Å². The van der Waals surface area contributed by atoms with Gasteiger partial charge in [-0.1, -0.05) is 394 Å². The van der Waals surface area contributed by atoms with Gasteiger partial charge >= 0.3 is 0 Å². The number of hydrogen-bond acceptors (Lipinski definition) is 2. The summed E-state index contributed by atoms with van der Waals surface area (Å²) in [6.07, 6.45) is 0. The van der Waals surface area contributed by atoms with Crippen LogP contribution in [0.25, 0.3) is 187 Å². The quantitative estimate of drug-likeness (QED) is 0.0897. The maximum atomic E-state index is 2.47. The summed E-state index contributed by atoms with van der Waals surface area (Å²) < 4.78 is 4.77. The van der Waals surface area contributed by atoms with Crippen molar-refractivity contribution in [1.29, 1.82) is 0 Å². The monoisotopic (exact) mass is 1630 g/mol. The lowest BCUT2D eigenvalue weighted by Crippen LogP contribution is -2.11. The van der Waals surface area contributed by atoms with Crippen molar-refractivity contribution in [3.63, 3.8) is 0 Å². The van der Waals surface area contributed by atoms with Gasteiger partial charge in [0.25, 0.3) is 0 Å². The Morgan fingerprint density at radius 3 is 0.773 bits per heavy atom. The lowest BCUT2D eigenvalue weighted by atomic mass is 9.84. The van der Waals surface area contributed by atoms with Crippen molar-refractivity contribution >= 4 is 121 Å². The Hall–Kier alpha value is -16.9. The van der Waals surface area contributed by atoms with E-state index >= 15 is 0 Å². The molecule has 0 unspecified atom stereocenters. The van der Waals surface area contributed by atoms with Crippen molar-refractivity contribution in [3.8, 4) is 100 Å². The van der Waals surface area contributed by atoms with Crippen LogP contribution in [0.1, 0.15) is 0 Å². The first-order chi connectivity index (χ1) is 63.5. The largest absolute Gasteiger partial charge is 0.310 e. The molecular weight excluding hydrogens is 1550 g/mol. The molecule has 4 nitrogen and oxygen atoms in total. The predicted octanol–water partition coefficient (Wildman–Crippen LogP) is 34.5. The Balaban J connectivity index is 0.000000146. The molecule has 0 saturated heterocycles. The van der Waals surface area contributed by atoms with Gasteiger partial charge in [0.05, 0.1) is 27.8 Å². The van der Waals surface area contributed by atoms with E-state index in [9.17, 15) is 0 Å². The van der Waals surface area contributed by atoms with Gasteiger partial charge in [-0.2, -0.15) is 0 Å². The van der Waals surface area contributed by atoms with Crippen LogP contribution in [0.4, 0.5) is 34.1 Å². The molecule has 600 valence electrons. The summed E-state index contributed by atoms with van der Waals surface area (Å²) in [7, 11) is 0. The van der Waals surface area contributed by atoms with Crippen LogP contribution < -0.4 is 9.80 Å². The Morgan fingerprint density at radius 1 is 0.133 bits per heavy atom. The summed E-state index contributed by atoms with van der Waals surface area (Å²) >= 11 is 0. The molecule has 0 amide bonds. The van der Waals surface area contributed by atoms with Crippen LogP contribution in [0.5, 0.6) is 0 Å². The minimum absolute atomic E-state index is 1.09. The van der Waals surface area contributed by atoms with E-state index in [4.69, 9.17) is 0 Å². The van der Waals surface area contributed by atoms with Gasteiger partial charge in [-0.05, 0) is 242 Å². The molecule has 0 aliphatic rings. The predicted molar refractivity (Wildman–Crippen MR) is 544 cm³/mol. The van der Waals surface area contributed by atoms with Crippen LogP contribution in [0.3, 0.4) is 0 Å². The first-order valence-corrected chi connectivity index (χ1v) is 44.0. The Morgan fingerprint density at radius 2 is 0.383 bits per heavy atom. The molecule has 4 heteroatoms. The van der Waals surface area contributed by atoms with Crippen molar-refractivity contribution in [3.05, 3.63) is 510 Å². The summed E-state index contributed by atoms with van der Waals surface area (Å²) in [6.45, 7) is 0. The molecule has 0 fully saturated rings. The molecular formula is C124H84N4. The highest BCUT2D eigenvalue weighted by molar-refractivity contribution is 6.26. The number of benzene rings is 22. The summed E-state index contributed by atoms with van der Waals surface area (Å²) in [4.78, 5) is 4.88. The van der Waals surface area contributed by atoms with Crippen molar-refractivity contribution in [1.82, 2.24) is 9.13 Å². The van der Waals surface area contributed by atoms with Gasteiger partial charge in [0.2, 0.25) is 0 Å². The number of para-hydroxylation sites is 6. The van der Waals surface area contributed by atoms with Crippen molar-refractivity contribution < 1.29 is 0 Å². The SMILES string of the molecule is c1ccc(-c2ccc(-c3c4ccccc4c(-c4ccc(-c5ccccc5)cc4)c4c(N(c5ccccc5)c5ccc6c(c5)c5ccccc5n6-c5ccccc5)cccc34)cc2)cc1.c1ccc(-c2ccc(-c3c4ccccc4c(-c4ccc(-c5ccccc5)cc4)c4cc(N(c5ccccc5)c5ccc6c(c5)c5ccccc5n6-c5ccccc5)ccc34)cc2)cc1. The molecule has 0 N–H and O–H groups in total. The number of nitrogens with zero attached hydrogens (tertiary/aromatic N) is 4. The maximum absolute atomic E-state index is 2.47. The maximum Gasteiger partial charge on any atom is 0.0546 e. The van der Waals surface area contributed by atoms with Gasteiger partial charge in [-0.25, -0.2) is 0 Å². The average Bonchev–Trinajstić information content (AvgIpc) is 0.826. The van der Waals surface area contributed by atoms with Crippen molar-refractivity contribution in [2.75, 3.05) is 9.80 Å². The Labute approximate surface area is 744 Å². The zero-order valence-electron chi connectivity index (χ0n) is 70.3. The second kappa shape index (κ2) is 33.0. The third kappa shape index (κ3) is 13.8. The van der Waals surface area contributed by atoms with E-state index in [2.05, 4.69) is 529 Å². The van der Waals surface area contributed by atoms with Gasteiger partial charge in [0, 0.05) is 66.7 Å². The first-order valence-electron chi connectivity index (χ1n) is 44.0. The van der Waals surface area contributed by atoms with E-state index in [-0.39, 0.29) is 0 Å². The van der Waals surface area contributed by atoms with Gasteiger partial charge in [-0.3, -0.25) is 0 Å². The standard InChI is InChI=1S/2C62H42N2/c1-5-18-43(19-6-1)45-32-36-47(37-33-45)60-53-27-13-14-28-54(53)61(48-38-34-46(35-39-48)44-20-7-2-8-21-44)62-55(60)29-17-31-59(62)63(49-22-9-3-10-23-49)51-40-41-58-56(42-51)52-26-15-16-30-57(52)64(58)50-24-11-4-12-25-50;1-5-17-43(18-6-1)45-29-33-47(34-30-45)61-54-26-13-14-27-55(54)62(48-35-31-46(32-36-48)44-19-7-2-8-20-44)58-42-51(37-39-56(58)61)63(49-21-9-3-10-22-49)52-38-40-60-57(41-52)53-25-15-16-28-59(53)64(60)50-23-11-4-12-24-50/h2*1-42H. The lowest BCUT2D eigenvalue weighted by molar-refractivity contribution is 1.18. The first kappa shape index (κ1) is 76.0. The second-order valence-electron chi connectivity index (χ2n) is 32.9. The van der Waals surface area contributed by atoms with Crippen LogP contribution in [-0.4, -0.2) is 9.13 Å². The van der Waals surface area contributed by atoms with Crippen LogP contribution >= 0.6 is 0 Å². The van der Waals surface area contributed by atoms with Crippen LogP contribution in [0, 0.1) is 0 Å². The smallest absolute Gasteiger partial charge is 0.0546 e. The van der Waals surface area contributed by atoms with Crippen LogP contribution in [0.2, 0.25) is 0 Å². The molecule has 0 aliphatic carbocycles. The molecule has 0 radical (unpaired) electrons. The minimum atomic E-state index is 1.09. The molecule has 0 saturated carbocycles. The lowest BCUT2D eigenvalue weighted by Gasteiger charge is -2.29. The third-order valence-corrected chi connectivity index (χ3v) is 25.5. The van der Waals surface area contributed by atoms with Gasteiger partial charge in [0.15, 0.2) is 0 Å². The third-order valence-electron chi connectivity index (χ3n) is 25.5. The topological polar surface area (TPSA) is 16.3 Å². The number of fused-ring (bicyclic) bond motifs is 10. The number of aromatic nitrogens is 2. The minimum Gasteiger partial charge on any atom is -0.310 e. The summed E-state index contributed by atoms with van der Waals surface area (Å²) in [5.41, 5.74) is 32.9. The van der Waals surface area contributed by atoms with Crippen molar-refractivity contribution in [2.24, 2.45) is 0 Å². The number of hydrogen-bond donors (Lipinski definition) is 0. The zero-order valence-corrected chi connectivity index (χ0v) is 70.3. The van der Waals surface area contributed by atoms with E-state index in [0.717, 1.165) is 45.5 Å². The van der Waals surface area contributed by atoms with Gasteiger partial charge in [-0.15, -0.1) is 0 Å². The summed E-state index contributed by atoms with van der Waals surface area (Å²) in [5.74, 6) is 0. The van der Waals surface area contributed by atoms with E-state index < -0.39 is 0 Å². The molecule has 0 aliphatic heterocycles. The normalized spacial score (nSPS) is 11.4. The van der Waals surface area contributed by atoms with Crippen LogP contribution in [-0.2, 0) is 0 Å². The van der Waals surface area contributed by atoms with Gasteiger partial charge < -0.3 is 18.9 Å².